The number of amides is 4. The summed E-state index contributed by atoms with van der Waals surface area (Å²) in [5, 5.41) is 15.4. The monoisotopic (exact) mass is 746 g/mol. The van der Waals surface area contributed by atoms with Gasteiger partial charge in [-0.2, -0.15) is 0 Å². The van der Waals surface area contributed by atoms with E-state index in [1.165, 1.54) is 14.2 Å². The normalized spacial score (nSPS) is 19.7. The van der Waals surface area contributed by atoms with Crippen molar-refractivity contribution in [1.82, 2.24) is 25.3 Å². The molecule has 0 saturated carbocycles. The van der Waals surface area contributed by atoms with Crippen molar-refractivity contribution in [2.24, 2.45) is 23.5 Å². The number of carbonyl (C=O) groups excluding carboxylic acids is 4. The maximum Gasteiger partial charge on any atom is 0.326 e. The van der Waals surface area contributed by atoms with Crippen LogP contribution in [0.5, 0.6) is 0 Å². The summed E-state index contributed by atoms with van der Waals surface area (Å²) in [5.74, 6) is -3.36. The van der Waals surface area contributed by atoms with Crippen molar-refractivity contribution in [1.29, 1.82) is 0 Å². The zero-order chi connectivity index (χ0) is 40.2. The van der Waals surface area contributed by atoms with Crippen molar-refractivity contribution < 1.29 is 38.6 Å². The molecule has 1 aliphatic rings. The molecule has 1 aromatic rings. The number of likely N-dealkylation sites (N-methyl/N-ethyl adjacent to an activating group) is 2. The Balaban J connectivity index is 2.27. The molecule has 1 aliphatic heterocycles. The van der Waals surface area contributed by atoms with Gasteiger partial charge < -0.3 is 40.7 Å². The van der Waals surface area contributed by atoms with Gasteiger partial charge in [-0.3, -0.25) is 24.1 Å². The molecule has 5 N–H and O–H groups in total. The van der Waals surface area contributed by atoms with Gasteiger partial charge in [0.15, 0.2) is 0 Å². The first-order chi connectivity index (χ1) is 24.9. The molecule has 0 radical (unpaired) electrons. The number of methoxy groups -OCH3 is 2. The molecule has 1 saturated heterocycles. The lowest BCUT2D eigenvalue weighted by Gasteiger charge is -2.41. The summed E-state index contributed by atoms with van der Waals surface area (Å²) in [6.07, 6.45) is 0.668. The SMILES string of the molecule is CC[C@H](C)[C@@H]([C@@H](CC(=O)N1CCC[C@H]1[C@H](OC)[C@@H](C)C(=O)N[C@@H](Cc1ccccc1)C(=O)O)OC)N(C)C(=O)[C@@H](NC(=O)C(C(C)C)N(C)C)[C@H](C)N. The number of ether oxygens (including phenoxy) is 2. The second-order valence-electron chi connectivity index (χ2n) is 15.2. The predicted octanol–water partition coefficient (Wildman–Crippen LogP) is 2.14. The van der Waals surface area contributed by atoms with Crippen LogP contribution in [0.4, 0.5) is 0 Å². The van der Waals surface area contributed by atoms with Gasteiger partial charge in [0, 0.05) is 40.3 Å². The molecule has 4 amide bonds. The first kappa shape index (κ1) is 45.6. The van der Waals surface area contributed by atoms with Crippen LogP contribution in [0.25, 0.3) is 0 Å². The van der Waals surface area contributed by atoms with Crippen LogP contribution in [-0.4, -0.2) is 140 Å². The smallest absolute Gasteiger partial charge is 0.326 e. The lowest BCUT2D eigenvalue weighted by molar-refractivity contribution is -0.148. The average Bonchev–Trinajstić information content (AvgIpc) is 3.59. The number of carbonyl (C=O) groups is 5. The number of nitrogens with zero attached hydrogens (tertiary/aromatic N) is 3. The second kappa shape index (κ2) is 21.3. The fourth-order valence-electron chi connectivity index (χ4n) is 7.67. The van der Waals surface area contributed by atoms with Gasteiger partial charge in [-0.05, 0) is 51.3 Å². The minimum absolute atomic E-state index is 0.00547. The Labute approximate surface area is 316 Å². The third-order valence-electron chi connectivity index (χ3n) is 10.7. The van der Waals surface area contributed by atoms with Gasteiger partial charge in [-0.1, -0.05) is 71.4 Å². The Morgan fingerprint density at radius 3 is 2.08 bits per heavy atom. The zero-order valence-electron chi connectivity index (χ0n) is 33.7. The summed E-state index contributed by atoms with van der Waals surface area (Å²) in [6, 6.07) is 4.82. The Morgan fingerprint density at radius 2 is 1.58 bits per heavy atom. The number of likely N-dealkylation sites (tertiary alicyclic amines) is 1. The zero-order valence-corrected chi connectivity index (χ0v) is 33.7. The van der Waals surface area contributed by atoms with Crippen molar-refractivity contribution in [3.8, 4) is 0 Å². The Bertz CT molecular complexity index is 1340. The van der Waals surface area contributed by atoms with E-state index in [-0.39, 0.29) is 42.4 Å². The lowest BCUT2D eigenvalue weighted by Crippen LogP contribution is -2.62. The molecule has 0 spiro atoms. The highest BCUT2D eigenvalue weighted by Crippen LogP contribution is 2.29. The molecule has 1 heterocycles. The first-order valence-electron chi connectivity index (χ1n) is 18.8. The maximum absolute atomic E-state index is 14.1. The number of carboxylic acids is 1. The van der Waals surface area contributed by atoms with E-state index in [0.717, 1.165) is 5.56 Å². The average molecular weight is 747 g/mol. The van der Waals surface area contributed by atoms with Gasteiger partial charge in [-0.15, -0.1) is 0 Å². The highest BCUT2D eigenvalue weighted by molar-refractivity contribution is 5.90. The predicted molar refractivity (Wildman–Crippen MR) is 204 cm³/mol. The molecule has 14 nitrogen and oxygen atoms in total. The molecule has 14 heteroatoms. The molecule has 0 bridgehead atoms. The summed E-state index contributed by atoms with van der Waals surface area (Å²) in [7, 11) is 8.29. The van der Waals surface area contributed by atoms with Gasteiger partial charge in [0.05, 0.1) is 42.7 Å². The molecular formula is C39H66N6O8. The molecule has 53 heavy (non-hydrogen) atoms. The van der Waals surface area contributed by atoms with Crippen LogP contribution in [0.3, 0.4) is 0 Å². The molecule has 1 aromatic carbocycles. The fourth-order valence-corrected chi connectivity index (χ4v) is 7.67. The molecule has 1 unspecified atom stereocenters. The Kier molecular flexibility index (Phi) is 18.3. The number of nitrogens with two attached hydrogens (primary N) is 1. The van der Waals surface area contributed by atoms with E-state index < -0.39 is 66.3 Å². The highest BCUT2D eigenvalue weighted by Gasteiger charge is 2.43. The second-order valence-corrected chi connectivity index (χ2v) is 15.2. The number of hydrogen-bond donors (Lipinski definition) is 4. The van der Waals surface area contributed by atoms with Gasteiger partial charge >= 0.3 is 5.97 Å². The van der Waals surface area contributed by atoms with Gasteiger partial charge in [0.25, 0.3) is 0 Å². The van der Waals surface area contributed by atoms with Crippen LogP contribution in [0.1, 0.15) is 72.8 Å². The van der Waals surface area contributed by atoms with Crippen molar-refractivity contribution in [3.63, 3.8) is 0 Å². The molecule has 10 atom stereocenters. The van der Waals surface area contributed by atoms with E-state index in [0.29, 0.717) is 25.8 Å². The Morgan fingerprint density at radius 1 is 0.962 bits per heavy atom. The fraction of sp³-hybridized carbons (Fsp3) is 0.718. The molecule has 2 rings (SSSR count). The van der Waals surface area contributed by atoms with Crippen LogP contribution in [-0.2, 0) is 39.9 Å². The van der Waals surface area contributed by atoms with Gasteiger partial charge in [0.2, 0.25) is 23.6 Å². The number of rotatable bonds is 21. The van der Waals surface area contributed by atoms with Crippen molar-refractivity contribution in [2.75, 3.05) is 41.9 Å². The first-order valence-corrected chi connectivity index (χ1v) is 18.8. The quantitative estimate of drug-likeness (QED) is 0.145. The minimum Gasteiger partial charge on any atom is -0.480 e. The number of aliphatic carboxylic acids is 1. The largest absolute Gasteiger partial charge is 0.480 e. The summed E-state index contributed by atoms with van der Waals surface area (Å²) in [5.41, 5.74) is 7.08. The number of carboxylic acid groups (broad SMARTS) is 1. The van der Waals surface area contributed by atoms with Crippen molar-refractivity contribution >= 4 is 29.6 Å². The standard InChI is InChI=1S/C39H66N6O8/c1-12-24(4)34(44(9)38(49)32(26(6)40)42-37(48)33(23(2)3)43(7)8)30(52-10)22-31(46)45-20-16-19-29(45)35(53-11)25(5)36(47)41-28(39(50)51)21-27-17-14-13-15-18-27/h13-15,17-18,23-26,28-30,32-35H,12,16,19-22,40H2,1-11H3,(H,41,47)(H,42,48)(H,50,51)/t24-,25+,26-,28-,29-,30+,32-,33?,34-,35+/m0/s1. The van der Waals surface area contributed by atoms with E-state index in [1.54, 1.807) is 30.7 Å². The van der Waals surface area contributed by atoms with Crippen LogP contribution in [0, 0.1) is 17.8 Å². The van der Waals surface area contributed by atoms with Crippen molar-refractivity contribution in [3.05, 3.63) is 35.9 Å². The molecule has 0 aliphatic carbocycles. The van der Waals surface area contributed by atoms with Crippen LogP contribution in [0.2, 0.25) is 0 Å². The summed E-state index contributed by atoms with van der Waals surface area (Å²) in [4.78, 5) is 72.2. The lowest BCUT2D eigenvalue weighted by atomic mass is 9.89. The van der Waals surface area contributed by atoms with Crippen LogP contribution < -0.4 is 16.4 Å². The number of nitrogens with one attached hydrogen (secondary N) is 2. The summed E-state index contributed by atoms with van der Waals surface area (Å²) in [6.45, 7) is 11.7. The third-order valence-corrected chi connectivity index (χ3v) is 10.7. The molecular weight excluding hydrogens is 680 g/mol. The topological polar surface area (TPSA) is 184 Å². The number of hydrogen-bond acceptors (Lipinski definition) is 9. The highest BCUT2D eigenvalue weighted by atomic mass is 16.5. The van der Waals surface area contributed by atoms with E-state index in [9.17, 15) is 29.1 Å². The van der Waals surface area contributed by atoms with E-state index in [2.05, 4.69) is 10.6 Å². The van der Waals surface area contributed by atoms with E-state index >= 15 is 0 Å². The molecule has 300 valence electrons. The maximum atomic E-state index is 14.1. The van der Waals surface area contributed by atoms with E-state index in [1.807, 2.05) is 77.0 Å². The van der Waals surface area contributed by atoms with Gasteiger partial charge in [-0.25, -0.2) is 4.79 Å². The molecule has 0 aromatic heterocycles. The van der Waals surface area contributed by atoms with Crippen LogP contribution >= 0.6 is 0 Å². The number of benzene rings is 1. The van der Waals surface area contributed by atoms with Gasteiger partial charge in [0.1, 0.15) is 12.1 Å². The van der Waals surface area contributed by atoms with Crippen LogP contribution in [0.15, 0.2) is 30.3 Å². The summed E-state index contributed by atoms with van der Waals surface area (Å²) >= 11 is 0. The minimum atomic E-state index is -1.14. The molecule has 1 fully saturated rings. The van der Waals surface area contributed by atoms with Crippen molar-refractivity contribution in [2.45, 2.75) is 122 Å². The Hall–Kier alpha value is -3.59. The summed E-state index contributed by atoms with van der Waals surface area (Å²) < 4.78 is 11.8. The third kappa shape index (κ3) is 12.2. The van der Waals surface area contributed by atoms with E-state index in [4.69, 9.17) is 15.2 Å².